The quantitative estimate of drug-likeness (QED) is 0.707. The van der Waals surface area contributed by atoms with Crippen LogP contribution in [0, 0.1) is 5.92 Å². The van der Waals surface area contributed by atoms with Crippen LogP contribution in [0.5, 0.6) is 0 Å². The number of nitrogens with zero attached hydrogens (tertiary/aromatic N) is 1. The third kappa shape index (κ3) is 3.17. The summed E-state index contributed by atoms with van der Waals surface area (Å²) in [5.41, 5.74) is 1.86. The van der Waals surface area contributed by atoms with E-state index in [1.54, 1.807) is 0 Å². The van der Waals surface area contributed by atoms with Crippen LogP contribution in [0.15, 0.2) is 0 Å². The molecule has 0 aliphatic carbocycles. The van der Waals surface area contributed by atoms with Crippen LogP contribution in [0.3, 0.4) is 0 Å². The highest BCUT2D eigenvalue weighted by Gasteiger charge is 2.39. The summed E-state index contributed by atoms with van der Waals surface area (Å²) in [4.78, 5) is 10.6. The van der Waals surface area contributed by atoms with Gasteiger partial charge in [0.1, 0.15) is 0 Å². The number of hydrazine groups is 1. The second kappa shape index (κ2) is 4.16. The maximum atomic E-state index is 11.9. The highest BCUT2D eigenvalue weighted by atomic mass is 19.4. The molecule has 1 heterocycles. The minimum atomic E-state index is -4.79. The number of halogens is 3. The molecule has 6 heteroatoms. The molecule has 1 aliphatic heterocycles. The average molecular weight is 210 g/mol. The number of piperidine rings is 1. The number of hydrogen-bond donors (Lipinski definition) is 1. The lowest BCUT2D eigenvalue weighted by Gasteiger charge is -2.30. The van der Waals surface area contributed by atoms with E-state index in [0.29, 0.717) is 19.0 Å². The molecule has 0 saturated carbocycles. The van der Waals surface area contributed by atoms with Gasteiger partial charge in [0.25, 0.3) is 0 Å². The molecular formula is C8H13F3N2O. The number of hydrogen-bond acceptors (Lipinski definition) is 2. The fourth-order valence-electron chi connectivity index (χ4n) is 1.50. The normalized spacial score (nSPS) is 24.7. The van der Waals surface area contributed by atoms with Gasteiger partial charge >= 0.3 is 12.1 Å². The maximum absolute atomic E-state index is 11.9. The zero-order valence-corrected chi connectivity index (χ0v) is 7.90. The largest absolute Gasteiger partial charge is 0.472 e. The molecule has 1 rings (SSSR count). The van der Waals surface area contributed by atoms with E-state index in [1.807, 2.05) is 12.3 Å². The summed E-state index contributed by atoms with van der Waals surface area (Å²) in [5.74, 6) is -1.55. The molecule has 1 unspecified atom stereocenters. The first kappa shape index (κ1) is 11.3. The van der Waals surface area contributed by atoms with Crippen molar-refractivity contribution in [3.05, 3.63) is 0 Å². The summed E-state index contributed by atoms with van der Waals surface area (Å²) in [6.07, 6.45) is -2.97. The molecule has 1 saturated heterocycles. The van der Waals surface area contributed by atoms with Crippen molar-refractivity contribution >= 4 is 5.91 Å². The molecule has 1 N–H and O–H groups in total. The van der Waals surface area contributed by atoms with Gasteiger partial charge in [0.15, 0.2) is 0 Å². The molecule has 82 valence electrons. The predicted molar refractivity (Wildman–Crippen MR) is 44.2 cm³/mol. The fourth-order valence-corrected chi connectivity index (χ4v) is 1.50. The van der Waals surface area contributed by atoms with E-state index in [4.69, 9.17) is 0 Å². The van der Waals surface area contributed by atoms with Crippen molar-refractivity contribution in [1.29, 1.82) is 0 Å². The van der Waals surface area contributed by atoms with Gasteiger partial charge in [-0.3, -0.25) is 10.2 Å². The number of alkyl halides is 3. The van der Waals surface area contributed by atoms with E-state index in [9.17, 15) is 18.0 Å². The van der Waals surface area contributed by atoms with Crippen molar-refractivity contribution in [2.75, 3.05) is 13.1 Å². The Kier molecular flexibility index (Phi) is 3.36. The minimum absolute atomic E-state index is 0.331. The van der Waals surface area contributed by atoms with E-state index in [2.05, 4.69) is 0 Å². The van der Waals surface area contributed by atoms with Gasteiger partial charge < -0.3 is 0 Å². The van der Waals surface area contributed by atoms with Crippen molar-refractivity contribution in [3.63, 3.8) is 0 Å². The Morgan fingerprint density at radius 1 is 1.50 bits per heavy atom. The Morgan fingerprint density at radius 2 is 2.14 bits per heavy atom. The van der Waals surface area contributed by atoms with Crippen LogP contribution >= 0.6 is 0 Å². The molecule has 1 aliphatic rings. The molecule has 0 radical (unpaired) electrons. The molecule has 0 aromatic rings. The van der Waals surface area contributed by atoms with Crippen LogP contribution < -0.4 is 5.43 Å². The molecule has 1 atom stereocenters. The standard InChI is InChI=1S/C8H13F3N2O/c1-6-3-2-4-13(5-6)12-7(14)8(9,10)11/h6H,2-5H2,1H3,(H,12,14). The maximum Gasteiger partial charge on any atom is 0.472 e. The fraction of sp³-hybridized carbons (Fsp3) is 0.875. The summed E-state index contributed by atoms with van der Waals surface area (Å²) in [6.45, 7) is 2.93. The van der Waals surface area contributed by atoms with Crippen LogP contribution in [0.4, 0.5) is 13.2 Å². The summed E-state index contributed by atoms with van der Waals surface area (Å²) in [6, 6.07) is 0. The smallest absolute Gasteiger partial charge is 0.281 e. The summed E-state index contributed by atoms with van der Waals surface area (Å²) in [7, 11) is 0. The van der Waals surface area contributed by atoms with Gasteiger partial charge in [0.2, 0.25) is 0 Å². The number of nitrogens with one attached hydrogen (secondary N) is 1. The van der Waals surface area contributed by atoms with Crippen molar-refractivity contribution in [3.8, 4) is 0 Å². The van der Waals surface area contributed by atoms with E-state index >= 15 is 0 Å². The second-order valence-corrected chi connectivity index (χ2v) is 3.63. The van der Waals surface area contributed by atoms with Gasteiger partial charge in [-0.15, -0.1) is 0 Å². The summed E-state index contributed by atoms with van der Waals surface area (Å²) >= 11 is 0. The number of carbonyl (C=O) groups excluding carboxylic acids is 1. The van der Waals surface area contributed by atoms with Gasteiger partial charge in [-0.2, -0.15) is 13.2 Å². The van der Waals surface area contributed by atoms with Crippen molar-refractivity contribution in [1.82, 2.24) is 10.4 Å². The van der Waals surface area contributed by atoms with Gasteiger partial charge in [-0.1, -0.05) is 6.92 Å². The summed E-state index contributed by atoms with van der Waals surface area (Å²) in [5, 5.41) is 1.34. The van der Waals surface area contributed by atoms with Gasteiger partial charge in [-0.25, -0.2) is 5.01 Å². The number of carbonyl (C=O) groups is 1. The molecule has 0 aromatic heterocycles. The lowest BCUT2D eigenvalue weighted by Crippen LogP contribution is -2.51. The Hall–Kier alpha value is -0.780. The molecule has 1 amide bonds. The Morgan fingerprint density at radius 3 is 2.64 bits per heavy atom. The van der Waals surface area contributed by atoms with Crippen molar-refractivity contribution in [2.24, 2.45) is 5.92 Å². The lowest BCUT2D eigenvalue weighted by atomic mass is 10.0. The van der Waals surface area contributed by atoms with Crippen molar-refractivity contribution < 1.29 is 18.0 Å². The van der Waals surface area contributed by atoms with Crippen LogP contribution in [-0.4, -0.2) is 30.2 Å². The first-order valence-electron chi connectivity index (χ1n) is 4.52. The monoisotopic (exact) mass is 210 g/mol. The van der Waals surface area contributed by atoms with Gasteiger partial charge in [0.05, 0.1) is 0 Å². The molecule has 1 fully saturated rings. The first-order chi connectivity index (χ1) is 6.39. The number of rotatable bonds is 1. The minimum Gasteiger partial charge on any atom is -0.281 e. The van der Waals surface area contributed by atoms with Gasteiger partial charge in [0, 0.05) is 13.1 Å². The SMILES string of the molecule is CC1CCCN(NC(=O)C(F)(F)F)C1. The first-order valence-corrected chi connectivity index (χ1v) is 4.52. The van der Waals surface area contributed by atoms with Crippen LogP contribution in [-0.2, 0) is 4.79 Å². The molecule has 14 heavy (non-hydrogen) atoms. The molecule has 0 aromatic carbocycles. The van der Waals surface area contributed by atoms with E-state index in [1.165, 1.54) is 5.01 Å². The molecule has 3 nitrogen and oxygen atoms in total. The van der Waals surface area contributed by atoms with Crippen LogP contribution in [0.1, 0.15) is 19.8 Å². The van der Waals surface area contributed by atoms with E-state index in [-0.39, 0.29) is 0 Å². The van der Waals surface area contributed by atoms with Crippen LogP contribution in [0.25, 0.3) is 0 Å². The average Bonchev–Trinajstić information content (AvgIpc) is 2.02. The van der Waals surface area contributed by atoms with Crippen molar-refractivity contribution in [2.45, 2.75) is 25.9 Å². The van der Waals surface area contributed by atoms with E-state index < -0.39 is 12.1 Å². The molecule has 0 spiro atoms. The Labute approximate surface area is 80.2 Å². The lowest BCUT2D eigenvalue weighted by molar-refractivity contribution is -0.179. The van der Waals surface area contributed by atoms with Gasteiger partial charge in [-0.05, 0) is 18.8 Å². The zero-order valence-electron chi connectivity index (χ0n) is 7.90. The highest BCUT2D eigenvalue weighted by Crippen LogP contribution is 2.17. The number of amides is 1. The topological polar surface area (TPSA) is 32.3 Å². The Balaban J connectivity index is 2.40. The third-order valence-corrected chi connectivity index (χ3v) is 2.17. The summed E-state index contributed by atoms with van der Waals surface area (Å²) < 4.78 is 35.6. The van der Waals surface area contributed by atoms with Crippen LogP contribution in [0.2, 0.25) is 0 Å². The van der Waals surface area contributed by atoms with E-state index in [0.717, 1.165) is 12.8 Å². The molecular weight excluding hydrogens is 197 g/mol. The second-order valence-electron chi connectivity index (χ2n) is 3.63. The Bertz CT molecular complexity index is 217. The molecule has 0 bridgehead atoms. The highest BCUT2D eigenvalue weighted by molar-refractivity contribution is 5.81. The predicted octanol–water partition coefficient (Wildman–Crippen LogP) is 1.31. The zero-order chi connectivity index (χ0) is 10.8. The third-order valence-electron chi connectivity index (χ3n) is 2.17.